The van der Waals surface area contributed by atoms with Gasteiger partial charge in [-0.25, -0.2) is 0 Å². The standard InChI is InChI=1S/C14H16Si/c1-15(2,3)10-9-12-7-8-13-5-4-6-14(13)11-12/h4-5,7-8,11H,6H2,1-3H3. The van der Waals surface area contributed by atoms with Crippen LogP contribution in [0.15, 0.2) is 24.3 Å². The van der Waals surface area contributed by atoms with Gasteiger partial charge in [0, 0.05) is 5.56 Å². The van der Waals surface area contributed by atoms with Crippen molar-refractivity contribution in [2.75, 3.05) is 0 Å². The normalized spacial score (nSPS) is 13.3. The molecule has 0 heterocycles. The van der Waals surface area contributed by atoms with Crippen LogP contribution in [0.5, 0.6) is 0 Å². The van der Waals surface area contributed by atoms with Crippen molar-refractivity contribution < 1.29 is 0 Å². The molecule has 15 heavy (non-hydrogen) atoms. The SMILES string of the molecule is C[Si](C)(C)C#Cc1ccc2c(c1)CC=C2. The van der Waals surface area contributed by atoms with Crippen LogP contribution in [-0.4, -0.2) is 8.07 Å². The average Bonchev–Trinajstić information content (AvgIpc) is 2.60. The molecular formula is C14H16Si. The highest BCUT2D eigenvalue weighted by molar-refractivity contribution is 6.83. The molecule has 0 atom stereocenters. The van der Waals surface area contributed by atoms with E-state index in [9.17, 15) is 0 Å². The largest absolute Gasteiger partial charge is 0.129 e. The fraction of sp³-hybridized carbons (Fsp3) is 0.286. The topological polar surface area (TPSA) is 0 Å². The highest BCUT2D eigenvalue weighted by Crippen LogP contribution is 2.20. The zero-order valence-corrected chi connectivity index (χ0v) is 10.6. The lowest BCUT2D eigenvalue weighted by atomic mass is 10.1. The predicted molar refractivity (Wildman–Crippen MR) is 69.4 cm³/mol. The summed E-state index contributed by atoms with van der Waals surface area (Å²) < 4.78 is 0. The molecule has 0 saturated carbocycles. The second kappa shape index (κ2) is 3.71. The van der Waals surface area contributed by atoms with Crippen molar-refractivity contribution in [3.63, 3.8) is 0 Å². The molecule has 1 aliphatic carbocycles. The predicted octanol–water partition coefficient (Wildman–Crippen LogP) is 3.48. The molecule has 2 rings (SSSR count). The maximum Gasteiger partial charge on any atom is 0.129 e. The first-order valence-corrected chi connectivity index (χ1v) is 8.87. The van der Waals surface area contributed by atoms with Gasteiger partial charge in [0.05, 0.1) is 0 Å². The number of hydrogen-bond acceptors (Lipinski definition) is 0. The molecule has 0 bridgehead atoms. The molecule has 0 aliphatic heterocycles. The number of benzene rings is 1. The maximum atomic E-state index is 3.40. The van der Waals surface area contributed by atoms with Crippen LogP contribution >= 0.6 is 0 Å². The van der Waals surface area contributed by atoms with Crippen molar-refractivity contribution in [2.45, 2.75) is 26.1 Å². The van der Waals surface area contributed by atoms with Gasteiger partial charge < -0.3 is 0 Å². The summed E-state index contributed by atoms with van der Waals surface area (Å²) in [6.45, 7) is 6.82. The van der Waals surface area contributed by atoms with Gasteiger partial charge in [-0.2, -0.15) is 0 Å². The van der Waals surface area contributed by atoms with E-state index in [0.717, 1.165) is 6.42 Å². The van der Waals surface area contributed by atoms with Gasteiger partial charge in [-0.3, -0.25) is 0 Å². The van der Waals surface area contributed by atoms with Crippen LogP contribution in [0.25, 0.3) is 6.08 Å². The van der Waals surface area contributed by atoms with Crippen LogP contribution in [0.1, 0.15) is 16.7 Å². The van der Waals surface area contributed by atoms with Crippen molar-refractivity contribution >= 4 is 14.1 Å². The highest BCUT2D eigenvalue weighted by Gasteiger charge is 2.08. The van der Waals surface area contributed by atoms with Crippen molar-refractivity contribution in [2.24, 2.45) is 0 Å². The average molecular weight is 212 g/mol. The quantitative estimate of drug-likeness (QED) is 0.456. The minimum absolute atomic E-state index is 1.07. The van der Waals surface area contributed by atoms with Gasteiger partial charge in [0.2, 0.25) is 0 Å². The molecule has 1 heteroatoms. The van der Waals surface area contributed by atoms with Gasteiger partial charge >= 0.3 is 0 Å². The molecule has 76 valence electrons. The van der Waals surface area contributed by atoms with Crippen LogP contribution in [0.4, 0.5) is 0 Å². The molecule has 0 aromatic heterocycles. The van der Waals surface area contributed by atoms with Crippen molar-refractivity contribution in [1.29, 1.82) is 0 Å². The first kappa shape index (κ1) is 10.3. The molecular weight excluding hydrogens is 196 g/mol. The molecule has 0 fully saturated rings. The number of hydrogen-bond donors (Lipinski definition) is 0. The molecule has 1 aliphatic rings. The van der Waals surface area contributed by atoms with E-state index in [1.165, 1.54) is 16.7 Å². The van der Waals surface area contributed by atoms with E-state index in [2.05, 4.69) is 61.5 Å². The van der Waals surface area contributed by atoms with Crippen molar-refractivity contribution in [3.05, 3.63) is 41.0 Å². The molecule has 0 nitrogen and oxygen atoms in total. The molecule has 1 aromatic rings. The lowest BCUT2D eigenvalue weighted by molar-refractivity contribution is 1.30. The van der Waals surface area contributed by atoms with E-state index in [1.54, 1.807) is 0 Å². The lowest BCUT2D eigenvalue weighted by Gasteiger charge is -2.04. The van der Waals surface area contributed by atoms with Gasteiger partial charge in [0.15, 0.2) is 0 Å². The number of fused-ring (bicyclic) bond motifs is 1. The fourth-order valence-corrected chi connectivity index (χ4v) is 2.11. The highest BCUT2D eigenvalue weighted by atomic mass is 28.3. The Balaban J connectivity index is 2.28. The van der Waals surface area contributed by atoms with Crippen molar-refractivity contribution in [1.82, 2.24) is 0 Å². The fourth-order valence-electron chi connectivity index (χ4n) is 1.60. The van der Waals surface area contributed by atoms with Crippen LogP contribution in [0.2, 0.25) is 19.6 Å². The minimum Gasteiger partial charge on any atom is -0.127 e. The molecule has 0 amide bonds. The van der Waals surface area contributed by atoms with Crippen LogP contribution < -0.4 is 0 Å². The van der Waals surface area contributed by atoms with Crippen molar-refractivity contribution in [3.8, 4) is 11.5 Å². The van der Waals surface area contributed by atoms with E-state index < -0.39 is 8.07 Å². The van der Waals surface area contributed by atoms with Gasteiger partial charge in [0.25, 0.3) is 0 Å². The summed E-state index contributed by atoms with van der Waals surface area (Å²) in [4.78, 5) is 0. The van der Waals surface area contributed by atoms with E-state index >= 15 is 0 Å². The third kappa shape index (κ3) is 2.61. The molecule has 0 N–H and O–H groups in total. The summed E-state index contributed by atoms with van der Waals surface area (Å²) in [5, 5.41) is 0. The number of rotatable bonds is 0. The summed E-state index contributed by atoms with van der Waals surface area (Å²) >= 11 is 0. The zero-order chi connectivity index (χ0) is 10.9. The monoisotopic (exact) mass is 212 g/mol. The van der Waals surface area contributed by atoms with Crippen LogP contribution in [0, 0.1) is 11.5 Å². The van der Waals surface area contributed by atoms with Gasteiger partial charge in [-0.1, -0.05) is 43.8 Å². The van der Waals surface area contributed by atoms with Crippen LogP contribution in [0.3, 0.4) is 0 Å². The molecule has 1 aromatic carbocycles. The molecule has 0 saturated heterocycles. The Morgan fingerprint density at radius 2 is 2.00 bits per heavy atom. The van der Waals surface area contributed by atoms with E-state index in [0.29, 0.717) is 0 Å². The second-order valence-corrected chi connectivity index (χ2v) is 9.77. The van der Waals surface area contributed by atoms with Gasteiger partial charge in [-0.15, -0.1) is 5.54 Å². The Bertz CT molecular complexity index is 464. The second-order valence-electron chi connectivity index (χ2n) is 5.02. The Hall–Kier alpha value is -1.26. The first-order valence-electron chi connectivity index (χ1n) is 5.37. The smallest absolute Gasteiger partial charge is 0.127 e. The van der Waals surface area contributed by atoms with E-state index in [1.807, 2.05) is 0 Å². The van der Waals surface area contributed by atoms with Gasteiger partial charge in [-0.05, 0) is 29.7 Å². The summed E-state index contributed by atoms with van der Waals surface area (Å²) in [6.07, 6.45) is 5.46. The zero-order valence-electron chi connectivity index (χ0n) is 9.59. The van der Waals surface area contributed by atoms with Gasteiger partial charge in [0.1, 0.15) is 8.07 Å². The molecule has 0 spiro atoms. The van der Waals surface area contributed by atoms with E-state index in [-0.39, 0.29) is 0 Å². The Kier molecular flexibility index (Phi) is 2.54. The maximum absolute atomic E-state index is 3.40. The Labute approximate surface area is 93.0 Å². The summed E-state index contributed by atoms with van der Waals surface area (Å²) in [5.41, 5.74) is 7.33. The summed E-state index contributed by atoms with van der Waals surface area (Å²) in [7, 11) is -1.24. The Morgan fingerprint density at radius 1 is 1.20 bits per heavy atom. The lowest BCUT2D eigenvalue weighted by Crippen LogP contribution is -2.16. The third-order valence-electron chi connectivity index (χ3n) is 2.36. The Morgan fingerprint density at radius 3 is 2.73 bits per heavy atom. The minimum atomic E-state index is -1.24. The van der Waals surface area contributed by atoms with Crippen LogP contribution in [-0.2, 0) is 6.42 Å². The first-order chi connectivity index (χ1) is 7.04. The summed E-state index contributed by atoms with van der Waals surface area (Å²) in [6, 6.07) is 6.52. The molecule has 0 radical (unpaired) electrons. The third-order valence-corrected chi connectivity index (χ3v) is 3.23. The molecule has 0 unspecified atom stereocenters. The number of allylic oxidation sites excluding steroid dienone is 1. The summed E-state index contributed by atoms with van der Waals surface area (Å²) in [5.74, 6) is 3.30. The van der Waals surface area contributed by atoms with E-state index in [4.69, 9.17) is 0 Å².